The van der Waals surface area contributed by atoms with Gasteiger partial charge in [0, 0.05) is 31.7 Å². The summed E-state index contributed by atoms with van der Waals surface area (Å²) in [5, 5.41) is 6.66. The van der Waals surface area contributed by atoms with Crippen LogP contribution in [0.2, 0.25) is 0 Å². The van der Waals surface area contributed by atoms with Crippen molar-refractivity contribution < 1.29 is 4.74 Å². The van der Waals surface area contributed by atoms with E-state index >= 15 is 0 Å². The molecule has 2 aromatic heterocycles. The van der Waals surface area contributed by atoms with Crippen molar-refractivity contribution >= 4 is 5.96 Å². The molecule has 29 heavy (non-hydrogen) atoms. The van der Waals surface area contributed by atoms with Crippen molar-refractivity contribution in [1.82, 2.24) is 25.2 Å². The molecule has 7 nitrogen and oxygen atoms in total. The van der Waals surface area contributed by atoms with Gasteiger partial charge in [0.15, 0.2) is 5.96 Å². The van der Waals surface area contributed by atoms with Gasteiger partial charge in [0.05, 0.1) is 19.3 Å². The summed E-state index contributed by atoms with van der Waals surface area (Å²) in [6.07, 6.45) is 13.7. The highest BCUT2D eigenvalue weighted by Gasteiger charge is 2.12. The number of aromatic nitrogens is 3. The molecule has 7 heteroatoms. The number of ether oxygens (including phenoxy) is 1. The number of pyridine rings is 1. The Balaban J connectivity index is 1.46. The van der Waals surface area contributed by atoms with Crippen molar-refractivity contribution in [2.45, 2.75) is 65.0 Å². The predicted molar refractivity (Wildman–Crippen MR) is 116 cm³/mol. The third-order valence-corrected chi connectivity index (χ3v) is 5.20. The van der Waals surface area contributed by atoms with Crippen molar-refractivity contribution in [3.63, 3.8) is 0 Å². The molecule has 0 saturated heterocycles. The van der Waals surface area contributed by atoms with Crippen LogP contribution in [0.15, 0.2) is 35.7 Å². The Kier molecular flexibility index (Phi) is 8.49. The average Bonchev–Trinajstić information content (AvgIpc) is 3.00. The van der Waals surface area contributed by atoms with Gasteiger partial charge in [-0.3, -0.25) is 4.57 Å². The van der Waals surface area contributed by atoms with Gasteiger partial charge in [0.2, 0.25) is 0 Å². The van der Waals surface area contributed by atoms with Gasteiger partial charge in [-0.15, -0.1) is 0 Å². The number of nitrogens with zero attached hydrogens (tertiary/aromatic N) is 4. The normalized spacial score (nSPS) is 15.9. The van der Waals surface area contributed by atoms with Crippen LogP contribution in [0.25, 0.3) is 5.82 Å². The Morgan fingerprint density at radius 3 is 2.66 bits per heavy atom. The minimum atomic E-state index is 0.433. The first kappa shape index (κ1) is 21.3. The van der Waals surface area contributed by atoms with Crippen molar-refractivity contribution in [1.29, 1.82) is 0 Å². The van der Waals surface area contributed by atoms with E-state index in [1.807, 2.05) is 30.0 Å². The second kappa shape index (κ2) is 11.6. The molecule has 1 aliphatic carbocycles. The lowest BCUT2D eigenvalue weighted by atomic mass is 10.1. The van der Waals surface area contributed by atoms with E-state index in [4.69, 9.17) is 4.74 Å². The summed E-state index contributed by atoms with van der Waals surface area (Å²) in [6.45, 7) is 6.92. The van der Waals surface area contributed by atoms with Crippen molar-refractivity contribution in [3.8, 4) is 5.82 Å². The monoisotopic (exact) mass is 398 g/mol. The van der Waals surface area contributed by atoms with Gasteiger partial charge in [0.25, 0.3) is 0 Å². The lowest BCUT2D eigenvalue weighted by Gasteiger charge is -2.16. The van der Waals surface area contributed by atoms with Crippen LogP contribution in [0.4, 0.5) is 0 Å². The van der Waals surface area contributed by atoms with Crippen LogP contribution in [-0.2, 0) is 11.3 Å². The highest BCUT2D eigenvalue weighted by Crippen LogP contribution is 2.19. The van der Waals surface area contributed by atoms with E-state index in [1.165, 1.54) is 38.5 Å². The van der Waals surface area contributed by atoms with Crippen LogP contribution in [0.5, 0.6) is 0 Å². The van der Waals surface area contributed by atoms with Crippen molar-refractivity contribution in [2.75, 3.05) is 19.7 Å². The van der Waals surface area contributed by atoms with E-state index in [0.717, 1.165) is 42.9 Å². The van der Waals surface area contributed by atoms with E-state index in [2.05, 4.69) is 38.6 Å². The zero-order chi connectivity index (χ0) is 20.3. The number of hydrogen-bond donors (Lipinski definition) is 2. The first-order valence-corrected chi connectivity index (χ1v) is 10.9. The molecular formula is C22H34N6O. The number of hydrogen-bond acceptors (Lipinski definition) is 4. The van der Waals surface area contributed by atoms with Gasteiger partial charge in [-0.25, -0.2) is 15.0 Å². The minimum Gasteiger partial charge on any atom is -0.376 e. The Morgan fingerprint density at radius 2 is 2.00 bits per heavy atom. The molecule has 0 spiro atoms. The lowest BCUT2D eigenvalue weighted by molar-refractivity contribution is 0.0468. The number of imidazole rings is 1. The number of nitrogens with one attached hydrogen (secondary N) is 2. The fourth-order valence-corrected chi connectivity index (χ4v) is 3.59. The van der Waals surface area contributed by atoms with Crippen LogP contribution < -0.4 is 10.6 Å². The molecule has 1 aliphatic rings. The standard InChI is InChI=1S/C22H34N6O/c1-3-23-22(25-13-15-29-20-8-6-4-5-7-9-20)27-17-19-10-11-21(26-16-19)28-14-12-24-18(28)2/h10-12,14,16,20H,3-9,13,15,17H2,1-2H3,(H2,23,25,27). The Labute approximate surface area is 174 Å². The molecule has 0 atom stereocenters. The SMILES string of the molecule is CCNC(=NCc1ccc(-n2ccnc2C)nc1)NCCOC1CCCCCC1. The maximum absolute atomic E-state index is 6.05. The highest BCUT2D eigenvalue weighted by atomic mass is 16.5. The van der Waals surface area contributed by atoms with Gasteiger partial charge in [-0.1, -0.05) is 31.7 Å². The summed E-state index contributed by atoms with van der Waals surface area (Å²) in [5.74, 6) is 2.60. The fraction of sp³-hybridized carbons (Fsp3) is 0.591. The number of guanidine groups is 1. The summed E-state index contributed by atoms with van der Waals surface area (Å²) >= 11 is 0. The molecule has 2 aromatic rings. The molecule has 1 fully saturated rings. The third kappa shape index (κ3) is 6.85. The molecule has 2 N–H and O–H groups in total. The number of aryl methyl sites for hydroxylation is 1. The minimum absolute atomic E-state index is 0.433. The number of aliphatic imine (C=N–C) groups is 1. The number of rotatable bonds is 8. The molecule has 158 valence electrons. The van der Waals surface area contributed by atoms with Crippen LogP contribution in [0.1, 0.15) is 56.8 Å². The zero-order valence-electron chi connectivity index (χ0n) is 17.7. The quantitative estimate of drug-likeness (QED) is 0.309. The summed E-state index contributed by atoms with van der Waals surface area (Å²) in [5.41, 5.74) is 1.07. The van der Waals surface area contributed by atoms with E-state index in [1.54, 1.807) is 6.20 Å². The molecule has 0 aromatic carbocycles. The highest BCUT2D eigenvalue weighted by molar-refractivity contribution is 5.79. The predicted octanol–water partition coefficient (Wildman–Crippen LogP) is 3.37. The van der Waals surface area contributed by atoms with Gasteiger partial charge >= 0.3 is 0 Å². The Morgan fingerprint density at radius 1 is 1.17 bits per heavy atom. The molecule has 0 unspecified atom stereocenters. The Bertz CT molecular complexity index is 747. The lowest BCUT2D eigenvalue weighted by Crippen LogP contribution is -2.39. The maximum Gasteiger partial charge on any atom is 0.191 e. The molecule has 0 aliphatic heterocycles. The molecule has 3 rings (SSSR count). The molecule has 0 bridgehead atoms. The summed E-state index contributed by atoms with van der Waals surface area (Å²) in [6, 6.07) is 4.06. The Hall–Kier alpha value is -2.41. The van der Waals surface area contributed by atoms with Gasteiger partial charge in [0.1, 0.15) is 11.6 Å². The maximum atomic E-state index is 6.05. The van der Waals surface area contributed by atoms with E-state index in [9.17, 15) is 0 Å². The van der Waals surface area contributed by atoms with Crippen molar-refractivity contribution in [3.05, 3.63) is 42.1 Å². The van der Waals surface area contributed by atoms with Crippen LogP contribution in [-0.4, -0.2) is 46.3 Å². The third-order valence-electron chi connectivity index (χ3n) is 5.20. The molecule has 0 radical (unpaired) electrons. The summed E-state index contributed by atoms with van der Waals surface area (Å²) in [7, 11) is 0. The fourth-order valence-electron chi connectivity index (χ4n) is 3.59. The summed E-state index contributed by atoms with van der Waals surface area (Å²) in [4.78, 5) is 13.4. The van der Waals surface area contributed by atoms with Crippen LogP contribution >= 0.6 is 0 Å². The largest absolute Gasteiger partial charge is 0.376 e. The molecule has 0 amide bonds. The smallest absolute Gasteiger partial charge is 0.191 e. The van der Waals surface area contributed by atoms with E-state index in [-0.39, 0.29) is 0 Å². The first-order valence-electron chi connectivity index (χ1n) is 10.9. The van der Waals surface area contributed by atoms with Gasteiger partial charge in [-0.05, 0) is 38.3 Å². The van der Waals surface area contributed by atoms with E-state index in [0.29, 0.717) is 12.6 Å². The average molecular weight is 399 g/mol. The molecular weight excluding hydrogens is 364 g/mol. The summed E-state index contributed by atoms with van der Waals surface area (Å²) < 4.78 is 8.01. The van der Waals surface area contributed by atoms with Gasteiger partial charge < -0.3 is 15.4 Å². The topological polar surface area (TPSA) is 76.4 Å². The molecule has 1 saturated carbocycles. The van der Waals surface area contributed by atoms with Crippen molar-refractivity contribution in [2.24, 2.45) is 4.99 Å². The first-order chi connectivity index (χ1) is 14.3. The van der Waals surface area contributed by atoms with Gasteiger partial charge in [-0.2, -0.15) is 0 Å². The van der Waals surface area contributed by atoms with Crippen LogP contribution in [0.3, 0.4) is 0 Å². The second-order valence-electron chi connectivity index (χ2n) is 7.48. The second-order valence-corrected chi connectivity index (χ2v) is 7.48. The van der Waals surface area contributed by atoms with Crippen LogP contribution in [0, 0.1) is 6.92 Å². The molecule has 2 heterocycles. The van der Waals surface area contributed by atoms with E-state index < -0.39 is 0 Å². The zero-order valence-corrected chi connectivity index (χ0v) is 17.7.